The van der Waals surface area contributed by atoms with Gasteiger partial charge in [-0.3, -0.25) is 9.69 Å². The van der Waals surface area contributed by atoms with E-state index in [4.69, 9.17) is 10.3 Å². The maximum Gasteiger partial charge on any atom is 0.414 e. The molecule has 8 heteroatoms. The van der Waals surface area contributed by atoms with Crippen LogP contribution in [-0.4, -0.2) is 31.8 Å². The number of hydrogen-bond donors (Lipinski definition) is 0. The fourth-order valence-corrected chi connectivity index (χ4v) is 2.01. The first-order valence-electron chi connectivity index (χ1n) is 7.31. The van der Waals surface area contributed by atoms with Crippen molar-refractivity contribution >= 4 is 23.4 Å². The summed E-state index contributed by atoms with van der Waals surface area (Å²) < 4.78 is 9.99. The molecule has 24 heavy (non-hydrogen) atoms. The smallest absolute Gasteiger partial charge is 0.414 e. The van der Waals surface area contributed by atoms with E-state index in [0.29, 0.717) is 22.5 Å². The number of anilines is 1. The van der Waals surface area contributed by atoms with Gasteiger partial charge in [-0.2, -0.15) is 0 Å². The number of benzene rings is 1. The number of esters is 1. The van der Waals surface area contributed by atoms with Gasteiger partial charge in [0.15, 0.2) is 0 Å². The van der Waals surface area contributed by atoms with Crippen LogP contribution in [0.5, 0.6) is 0 Å². The zero-order valence-corrected chi connectivity index (χ0v) is 14.8. The Morgan fingerprint density at radius 1 is 1.33 bits per heavy atom. The summed E-state index contributed by atoms with van der Waals surface area (Å²) in [7, 11) is 2.84. The molecule has 0 saturated heterocycles. The lowest BCUT2D eigenvalue weighted by Crippen LogP contribution is -2.34. The molecule has 0 aliphatic rings. The Balaban J connectivity index is 3.31. The summed E-state index contributed by atoms with van der Waals surface area (Å²) in [6.07, 6.45) is -0.549. The largest absolute Gasteiger partial charge is 0.469 e. The fourth-order valence-electron chi connectivity index (χ4n) is 2.01. The van der Waals surface area contributed by atoms with Crippen LogP contribution in [0.15, 0.2) is 17.2 Å². The molecule has 0 aliphatic carbocycles. The van der Waals surface area contributed by atoms with Crippen LogP contribution in [0.25, 0.3) is 10.4 Å². The van der Waals surface area contributed by atoms with E-state index < -0.39 is 17.7 Å². The van der Waals surface area contributed by atoms with Crippen molar-refractivity contribution in [1.82, 2.24) is 0 Å². The first-order valence-corrected chi connectivity index (χ1v) is 7.31. The first-order chi connectivity index (χ1) is 11.1. The average Bonchev–Trinajstić information content (AvgIpc) is 2.48. The topological polar surface area (TPSA) is 105 Å². The molecule has 130 valence electrons. The second kappa shape index (κ2) is 7.70. The molecule has 0 aromatic heterocycles. The van der Waals surface area contributed by atoms with Crippen molar-refractivity contribution in [3.05, 3.63) is 33.7 Å². The maximum atomic E-state index is 12.3. The van der Waals surface area contributed by atoms with Gasteiger partial charge in [-0.15, -0.1) is 0 Å². The number of carbonyl (C=O) groups is 2. The molecule has 1 amide bonds. The summed E-state index contributed by atoms with van der Waals surface area (Å²) in [6, 6.07) is 3.27. The summed E-state index contributed by atoms with van der Waals surface area (Å²) in [5.41, 5.74) is 10.1. The third-order valence-corrected chi connectivity index (χ3v) is 3.17. The molecule has 0 atom stereocenters. The van der Waals surface area contributed by atoms with E-state index in [1.54, 1.807) is 46.9 Å². The van der Waals surface area contributed by atoms with Crippen molar-refractivity contribution in [1.29, 1.82) is 0 Å². The van der Waals surface area contributed by atoms with Crippen molar-refractivity contribution in [2.45, 2.75) is 39.7 Å². The lowest BCUT2D eigenvalue weighted by atomic mass is 10.0. The van der Waals surface area contributed by atoms with Crippen LogP contribution in [0.2, 0.25) is 0 Å². The standard InChI is InChI=1S/C16H22N4O4/c1-10-12(18-19-17)7-11(9-14(21)23-6)8-13(10)20(5)15(22)24-16(2,3)4/h7-8H,9H2,1-6H3. The van der Waals surface area contributed by atoms with Gasteiger partial charge < -0.3 is 9.47 Å². The second-order valence-electron chi connectivity index (χ2n) is 6.24. The molecular formula is C16H22N4O4. The molecule has 0 aliphatic heterocycles. The summed E-state index contributed by atoms with van der Waals surface area (Å²) in [5, 5.41) is 3.63. The fraction of sp³-hybridized carbons (Fsp3) is 0.500. The molecule has 0 spiro atoms. The highest BCUT2D eigenvalue weighted by Gasteiger charge is 2.23. The van der Waals surface area contributed by atoms with Crippen molar-refractivity contribution < 1.29 is 19.1 Å². The van der Waals surface area contributed by atoms with Gasteiger partial charge >= 0.3 is 12.1 Å². The molecule has 0 saturated carbocycles. The van der Waals surface area contributed by atoms with E-state index in [2.05, 4.69) is 14.8 Å². The average molecular weight is 334 g/mol. The molecule has 0 heterocycles. The van der Waals surface area contributed by atoms with Gasteiger partial charge in [0.05, 0.1) is 19.2 Å². The van der Waals surface area contributed by atoms with Gasteiger partial charge in [0.2, 0.25) is 0 Å². The van der Waals surface area contributed by atoms with Crippen molar-refractivity contribution in [2.24, 2.45) is 5.11 Å². The predicted molar refractivity (Wildman–Crippen MR) is 90.3 cm³/mol. The second-order valence-corrected chi connectivity index (χ2v) is 6.24. The summed E-state index contributed by atoms with van der Waals surface area (Å²) in [6.45, 7) is 7.03. The van der Waals surface area contributed by atoms with E-state index in [9.17, 15) is 9.59 Å². The van der Waals surface area contributed by atoms with Gasteiger partial charge in [-0.25, -0.2) is 4.79 Å². The zero-order chi connectivity index (χ0) is 18.5. The number of ether oxygens (including phenoxy) is 2. The normalized spacial score (nSPS) is 10.6. The minimum absolute atomic E-state index is 0.000112. The number of amides is 1. The molecule has 0 unspecified atom stereocenters. The number of carbonyl (C=O) groups excluding carboxylic acids is 2. The van der Waals surface area contributed by atoms with Crippen LogP contribution in [0.4, 0.5) is 16.2 Å². The Kier molecular flexibility index (Phi) is 6.20. The molecule has 0 N–H and O–H groups in total. The predicted octanol–water partition coefficient (Wildman–Crippen LogP) is 4.02. The van der Waals surface area contributed by atoms with Crippen LogP contribution in [0.3, 0.4) is 0 Å². The summed E-state index contributed by atoms with van der Waals surface area (Å²) in [5.74, 6) is -0.434. The van der Waals surface area contributed by atoms with Crippen LogP contribution < -0.4 is 4.90 Å². The molecule has 0 bridgehead atoms. The van der Waals surface area contributed by atoms with E-state index >= 15 is 0 Å². The Bertz CT molecular complexity index is 688. The van der Waals surface area contributed by atoms with Gasteiger partial charge in [-0.1, -0.05) is 5.11 Å². The van der Waals surface area contributed by atoms with Gasteiger partial charge in [0.25, 0.3) is 0 Å². The number of rotatable bonds is 4. The van der Waals surface area contributed by atoms with Crippen LogP contribution in [0, 0.1) is 6.92 Å². The minimum atomic E-state index is -0.642. The SMILES string of the molecule is COC(=O)Cc1cc(N=[N+]=[N-])c(C)c(N(C)C(=O)OC(C)(C)C)c1. The van der Waals surface area contributed by atoms with E-state index in [1.165, 1.54) is 12.0 Å². The molecule has 1 aromatic rings. The highest BCUT2D eigenvalue weighted by Crippen LogP contribution is 2.31. The van der Waals surface area contributed by atoms with E-state index in [0.717, 1.165) is 0 Å². The molecule has 0 fully saturated rings. The van der Waals surface area contributed by atoms with Gasteiger partial charge in [0.1, 0.15) is 5.60 Å². The Labute approximate surface area is 141 Å². The van der Waals surface area contributed by atoms with Crippen molar-refractivity contribution in [2.75, 3.05) is 19.1 Å². The molecule has 1 aromatic carbocycles. The summed E-state index contributed by atoms with van der Waals surface area (Å²) >= 11 is 0. The molecular weight excluding hydrogens is 312 g/mol. The van der Waals surface area contributed by atoms with E-state index in [1.807, 2.05) is 0 Å². The number of azide groups is 1. The third kappa shape index (κ3) is 5.17. The lowest BCUT2D eigenvalue weighted by molar-refractivity contribution is -0.139. The highest BCUT2D eigenvalue weighted by molar-refractivity contribution is 5.90. The minimum Gasteiger partial charge on any atom is -0.469 e. The Hall–Kier alpha value is -2.73. The van der Waals surface area contributed by atoms with Crippen molar-refractivity contribution in [3.8, 4) is 0 Å². The van der Waals surface area contributed by atoms with Gasteiger partial charge in [0, 0.05) is 17.6 Å². The van der Waals surface area contributed by atoms with Crippen LogP contribution in [0.1, 0.15) is 31.9 Å². The number of hydrogen-bond acceptors (Lipinski definition) is 5. The van der Waals surface area contributed by atoms with Crippen LogP contribution in [-0.2, 0) is 20.7 Å². The molecule has 0 radical (unpaired) electrons. The van der Waals surface area contributed by atoms with E-state index in [-0.39, 0.29) is 6.42 Å². The number of nitrogens with zero attached hydrogens (tertiary/aromatic N) is 4. The van der Waals surface area contributed by atoms with Crippen molar-refractivity contribution in [3.63, 3.8) is 0 Å². The lowest BCUT2D eigenvalue weighted by Gasteiger charge is -2.26. The summed E-state index contributed by atoms with van der Waals surface area (Å²) in [4.78, 5) is 27.9. The molecule has 8 nitrogen and oxygen atoms in total. The molecule has 1 rings (SSSR count). The van der Waals surface area contributed by atoms with Gasteiger partial charge in [-0.05, 0) is 56.5 Å². The number of methoxy groups -OCH3 is 1. The maximum absolute atomic E-state index is 12.3. The monoisotopic (exact) mass is 334 g/mol. The Morgan fingerprint density at radius 2 is 1.96 bits per heavy atom. The quantitative estimate of drug-likeness (QED) is 0.359. The third-order valence-electron chi connectivity index (χ3n) is 3.17. The Morgan fingerprint density at radius 3 is 2.46 bits per heavy atom. The first kappa shape index (κ1) is 19.3. The van der Waals surface area contributed by atoms with Crippen LogP contribution >= 0.6 is 0 Å². The highest BCUT2D eigenvalue weighted by atomic mass is 16.6. The zero-order valence-electron chi connectivity index (χ0n) is 14.8.